The van der Waals surface area contributed by atoms with Crippen molar-refractivity contribution in [2.45, 2.75) is 6.61 Å². The van der Waals surface area contributed by atoms with Crippen molar-refractivity contribution in [3.8, 4) is 17.2 Å². The van der Waals surface area contributed by atoms with Crippen LogP contribution in [-0.4, -0.2) is 51.2 Å². The zero-order valence-electron chi connectivity index (χ0n) is 18.8. The Morgan fingerprint density at radius 2 is 1.52 bits per heavy atom. The van der Waals surface area contributed by atoms with Gasteiger partial charge >= 0.3 is 0 Å². The van der Waals surface area contributed by atoms with Crippen molar-refractivity contribution in [1.82, 2.24) is 4.90 Å². The van der Waals surface area contributed by atoms with Crippen molar-refractivity contribution in [3.05, 3.63) is 82.9 Å². The minimum Gasteiger partial charge on any atom is -0.496 e. The number of para-hydroxylation sites is 3. The van der Waals surface area contributed by atoms with Gasteiger partial charge in [0, 0.05) is 37.3 Å². The second-order valence-electron chi connectivity index (χ2n) is 7.70. The summed E-state index contributed by atoms with van der Waals surface area (Å²) in [7, 11) is 3.28. The Hall–Kier alpha value is -3.38. The number of amides is 1. The zero-order chi connectivity index (χ0) is 23.2. The standard InChI is InChI=1S/C26H27ClN2O4/c1-31-23-12-11-19(17-20(23)18-33-24-9-5-3-7-21(24)27)26(30)29-15-13-28(14-16-29)22-8-4-6-10-25(22)32-2/h3-12,17H,13-16,18H2,1-2H3. The number of methoxy groups -OCH3 is 2. The van der Waals surface area contributed by atoms with E-state index in [-0.39, 0.29) is 12.5 Å². The first-order chi connectivity index (χ1) is 16.1. The summed E-state index contributed by atoms with van der Waals surface area (Å²) in [4.78, 5) is 17.4. The third kappa shape index (κ3) is 5.17. The van der Waals surface area contributed by atoms with Crippen molar-refractivity contribution >= 4 is 23.2 Å². The lowest BCUT2D eigenvalue weighted by Gasteiger charge is -2.36. The molecular weight excluding hydrogens is 440 g/mol. The number of hydrogen-bond acceptors (Lipinski definition) is 5. The number of rotatable bonds is 7. The van der Waals surface area contributed by atoms with Gasteiger partial charge in [-0.25, -0.2) is 0 Å². The summed E-state index contributed by atoms with van der Waals surface area (Å²) in [6, 6.07) is 20.7. The highest BCUT2D eigenvalue weighted by Crippen LogP contribution is 2.29. The molecule has 0 aromatic heterocycles. The van der Waals surface area contributed by atoms with Crippen molar-refractivity contribution in [3.63, 3.8) is 0 Å². The van der Waals surface area contributed by atoms with Crippen molar-refractivity contribution in [2.75, 3.05) is 45.3 Å². The van der Waals surface area contributed by atoms with Crippen LogP contribution in [0.25, 0.3) is 0 Å². The number of halogens is 1. The quantitative estimate of drug-likeness (QED) is 0.495. The maximum atomic E-state index is 13.2. The van der Waals surface area contributed by atoms with Crippen molar-refractivity contribution in [1.29, 1.82) is 0 Å². The van der Waals surface area contributed by atoms with E-state index in [1.807, 2.05) is 59.5 Å². The minimum absolute atomic E-state index is 0.00340. The van der Waals surface area contributed by atoms with Crippen molar-refractivity contribution in [2.24, 2.45) is 0 Å². The van der Waals surface area contributed by atoms with Crippen LogP contribution < -0.4 is 19.1 Å². The smallest absolute Gasteiger partial charge is 0.253 e. The van der Waals surface area contributed by atoms with Crippen LogP contribution >= 0.6 is 11.6 Å². The molecule has 0 spiro atoms. The molecule has 1 amide bonds. The fourth-order valence-corrected chi connectivity index (χ4v) is 4.16. The molecule has 1 aliphatic rings. The predicted octanol–water partition coefficient (Wildman–Crippen LogP) is 4.90. The molecule has 0 unspecified atom stereocenters. The van der Waals surface area contributed by atoms with Crippen LogP contribution in [0.3, 0.4) is 0 Å². The van der Waals surface area contributed by atoms with E-state index in [1.54, 1.807) is 26.4 Å². The van der Waals surface area contributed by atoms with Gasteiger partial charge in [-0.2, -0.15) is 0 Å². The summed E-state index contributed by atoms with van der Waals surface area (Å²) in [5, 5.41) is 0.539. The van der Waals surface area contributed by atoms with E-state index in [9.17, 15) is 4.79 Å². The van der Waals surface area contributed by atoms with Gasteiger partial charge in [0.05, 0.1) is 24.9 Å². The topological polar surface area (TPSA) is 51.2 Å². The van der Waals surface area contributed by atoms with E-state index in [0.717, 1.165) is 30.1 Å². The van der Waals surface area contributed by atoms with Crippen LogP contribution in [0, 0.1) is 0 Å². The van der Waals surface area contributed by atoms with Crippen LogP contribution in [0.5, 0.6) is 17.2 Å². The molecule has 4 rings (SSSR count). The number of anilines is 1. The van der Waals surface area contributed by atoms with E-state index >= 15 is 0 Å². The average molecular weight is 467 g/mol. The molecule has 7 heteroatoms. The molecule has 0 saturated carbocycles. The number of benzene rings is 3. The van der Waals surface area contributed by atoms with E-state index in [4.69, 9.17) is 25.8 Å². The lowest BCUT2D eigenvalue weighted by Crippen LogP contribution is -2.48. The van der Waals surface area contributed by atoms with Crippen LogP contribution in [0.15, 0.2) is 66.7 Å². The molecule has 3 aromatic rings. The van der Waals surface area contributed by atoms with Gasteiger partial charge in [0.15, 0.2) is 0 Å². The lowest BCUT2D eigenvalue weighted by atomic mass is 10.1. The summed E-state index contributed by atoms with van der Waals surface area (Å²) in [5.74, 6) is 2.09. The first-order valence-corrected chi connectivity index (χ1v) is 11.2. The van der Waals surface area contributed by atoms with Crippen LogP contribution in [0.1, 0.15) is 15.9 Å². The number of carbonyl (C=O) groups excluding carboxylic acids is 1. The number of ether oxygens (including phenoxy) is 3. The third-order valence-electron chi connectivity index (χ3n) is 5.74. The Bertz CT molecular complexity index is 1110. The van der Waals surface area contributed by atoms with E-state index in [1.165, 1.54) is 0 Å². The first kappa shape index (κ1) is 22.8. The fourth-order valence-electron chi connectivity index (χ4n) is 3.97. The number of piperazine rings is 1. The summed E-state index contributed by atoms with van der Waals surface area (Å²) >= 11 is 6.19. The van der Waals surface area contributed by atoms with Gasteiger partial charge < -0.3 is 24.0 Å². The lowest BCUT2D eigenvalue weighted by molar-refractivity contribution is 0.0746. The van der Waals surface area contributed by atoms with Crippen LogP contribution in [0.2, 0.25) is 5.02 Å². The normalized spacial score (nSPS) is 13.5. The molecule has 1 fully saturated rings. The Morgan fingerprint density at radius 1 is 0.848 bits per heavy atom. The molecule has 0 atom stereocenters. The van der Waals surface area contributed by atoms with Crippen LogP contribution in [0.4, 0.5) is 5.69 Å². The number of carbonyl (C=O) groups is 1. The molecule has 1 saturated heterocycles. The molecular formula is C26H27ClN2O4. The Labute approximate surface area is 199 Å². The molecule has 3 aromatic carbocycles. The molecule has 6 nitrogen and oxygen atoms in total. The molecule has 172 valence electrons. The molecule has 0 aliphatic carbocycles. The summed E-state index contributed by atoms with van der Waals surface area (Å²) in [5.41, 5.74) is 2.45. The summed E-state index contributed by atoms with van der Waals surface area (Å²) < 4.78 is 16.8. The van der Waals surface area contributed by atoms with Gasteiger partial charge in [-0.15, -0.1) is 0 Å². The summed E-state index contributed by atoms with van der Waals surface area (Å²) in [6.07, 6.45) is 0. The minimum atomic E-state index is -0.00340. The predicted molar refractivity (Wildman–Crippen MR) is 130 cm³/mol. The van der Waals surface area contributed by atoms with Gasteiger partial charge in [0.25, 0.3) is 5.91 Å². The van der Waals surface area contributed by atoms with Gasteiger partial charge in [-0.3, -0.25) is 4.79 Å². The second kappa shape index (κ2) is 10.5. The van der Waals surface area contributed by atoms with Crippen LogP contribution in [-0.2, 0) is 6.61 Å². The fraction of sp³-hybridized carbons (Fsp3) is 0.269. The van der Waals surface area contributed by atoms with E-state index < -0.39 is 0 Å². The van der Waals surface area contributed by atoms with E-state index in [0.29, 0.717) is 35.2 Å². The maximum Gasteiger partial charge on any atom is 0.253 e. The monoisotopic (exact) mass is 466 g/mol. The first-order valence-electron chi connectivity index (χ1n) is 10.8. The molecule has 1 aliphatic heterocycles. The average Bonchev–Trinajstić information content (AvgIpc) is 2.87. The van der Waals surface area contributed by atoms with Gasteiger partial charge in [0.2, 0.25) is 0 Å². The highest BCUT2D eigenvalue weighted by molar-refractivity contribution is 6.32. The van der Waals surface area contributed by atoms with E-state index in [2.05, 4.69) is 4.90 Å². The van der Waals surface area contributed by atoms with Gasteiger partial charge in [-0.1, -0.05) is 35.9 Å². The highest BCUT2D eigenvalue weighted by Gasteiger charge is 2.24. The van der Waals surface area contributed by atoms with Gasteiger partial charge in [-0.05, 0) is 42.5 Å². The third-order valence-corrected chi connectivity index (χ3v) is 6.05. The zero-order valence-corrected chi connectivity index (χ0v) is 19.5. The van der Waals surface area contributed by atoms with Crippen molar-refractivity contribution < 1.29 is 19.0 Å². The Balaban J connectivity index is 1.44. The number of nitrogens with zero attached hydrogens (tertiary/aromatic N) is 2. The SMILES string of the molecule is COc1ccc(C(=O)N2CCN(c3ccccc3OC)CC2)cc1COc1ccccc1Cl. The molecule has 0 N–H and O–H groups in total. The Morgan fingerprint density at radius 3 is 2.21 bits per heavy atom. The van der Waals surface area contributed by atoms with Gasteiger partial charge in [0.1, 0.15) is 23.9 Å². The highest BCUT2D eigenvalue weighted by atomic mass is 35.5. The largest absolute Gasteiger partial charge is 0.496 e. The second-order valence-corrected chi connectivity index (χ2v) is 8.10. The number of hydrogen-bond donors (Lipinski definition) is 0. The Kier molecular flexibility index (Phi) is 7.25. The molecule has 33 heavy (non-hydrogen) atoms. The maximum absolute atomic E-state index is 13.2. The summed E-state index contributed by atoms with van der Waals surface area (Å²) in [6.45, 7) is 2.99. The molecule has 0 bridgehead atoms. The molecule has 0 radical (unpaired) electrons. The molecule has 1 heterocycles.